The Morgan fingerprint density at radius 2 is 2.00 bits per heavy atom. The van der Waals surface area contributed by atoms with Crippen LogP contribution in [0.3, 0.4) is 0 Å². The smallest absolute Gasteiger partial charge is 0.337 e. The number of hydrogen-bond donors (Lipinski definition) is 1. The number of nitrogens with one attached hydrogen (secondary N) is 1. The van der Waals surface area contributed by atoms with Gasteiger partial charge in [0.25, 0.3) is 5.69 Å². The Kier molecular flexibility index (Phi) is 5.27. The van der Waals surface area contributed by atoms with E-state index in [1.165, 1.54) is 36.3 Å². The van der Waals surface area contributed by atoms with Crippen LogP contribution < -0.4 is 10.2 Å². The number of nitriles is 1. The second kappa shape index (κ2) is 7.82. The molecule has 0 bridgehead atoms. The largest absolute Gasteiger partial charge is 0.466 e. The Balaban J connectivity index is 2.16. The number of esters is 1. The SMILES string of the molecule is COC(=O)C1=C(C)N(c2cccc([N+](=O)[O-])c2)C(=O)NC1c1cccc(C#N)c1. The number of benzene rings is 2. The van der Waals surface area contributed by atoms with Crippen molar-refractivity contribution >= 4 is 23.4 Å². The molecule has 29 heavy (non-hydrogen) atoms. The van der Waals surface area contributed by atoms with Crippen LogP contribution in [0, 0.1) is 21.4 Å². The van der Waals surface area contributed by atoms with Crippen LogP contribution in [0.4, 0.5) is 16.2 Å². The molecule has 9 heteroatoms. The van der Waals surface area contributed by atoms with Gasteiger partial charge in [-0.25, -0.2) is 9.59 Å². The molecule has 1 aliphatic heterocycles. The van der Waals surface area contributed by atoms with Crippen LogP contribution in [0.2, 0.25) is 0 Å². The van der Waals surface area contributed by atoms with Crippen molar-refractivity contribution in [2.24, 2.45) is 0 Å². The van der Waals surface area contributed by atoms with Gasteiger partial charge in [0.05, 0.1) is 41.0 Å². The highest BCUT2D eigenvalue weighted by Crippen LogP contribution is 2.35. The van der Waals surface area contributed by atoms with Gasteiger partial charge < -0.3 is 10.1 Å². The summed E-state index contributed by atoms with van der Waals surface area (Å²) in [4.78, 5) is 37.1. The van der Waals surface area contributed by atoms with Crippen molar-refractivity contribution in [3.8, 4) is 6.07 Å². The minimum absolute atomic E-state index is 0.161. The first-order valence-corrected chi connectivity index (χ1v) is 8.51. The first-order valence-electron chi connectivity index (χ1n) is 8.51. The maximum absolute atomic E-state index is 12.9. The van der Waals surface area contributed by atoms with Gasteiger partial charge in [-0.2, -0.15) is 5.26 Å². The van der Waals surface area contributed by atoms with Crippen LogP contribution >= 0.6 is 0 Å². The molecule has 0 fully saturated rings. The molecule has 9 nitrogen and oxygen atoms in total. The summed E-state index contributed by atoms with van der Waals surface area (Å²) in [6.07, 6.45) is 0. The molecule has 1 heterocycles. The van der Waals surface area contributed by atoms with Gasteiger partial charge in [0, 0.05) is 17.8 Å². The topological polar surface area (TPSA) is 126 Å². The van der Waals surface area contributed by atoms with Crippen molar-refractivity contribution in [2.45, 2.75) is 13.0 Å². The molecule has 146 valence electrons. The van der Waals surface area contributed by atoms with Gasteiger partial charge >= 0.3 is 12.0 Å². The van der Waals surface area contributed by atoms with E-state index >= 15 is 0 Å². The Morgan fingerprint density at radius 1 is 1.28 bits per heavy atom. The van der Waals surface area contributed by atoms with E-state index in [1.807, 2.05) is 6.07 Å². The summed E-state index contributed by atoms with van der Waals surface area (Å²) >= 11 is 0. The molecular formula is C20H16N4O5. The second-order valence-electron chi connectivity index (χ2n) is 6.22. The minimum Gasteiger partial charge on any atom is -0.466 e. The summed E-state index contributed by atoms with van der Waals surface area (Å²) in [6, 6.07) is 12.7. The number of ether oxygens (including phenoxy) is 1. The third-order valence-electron chi connectivity index (χ3n) is 4.54. The number of non-ortho nitro benzene ring substituents is 1. The number of hydrogen-bond acceptors (Lipinski definition) is 6. The Bertz CT molecular complexity index is 1090. The Labute approximate surface area is 166 Å². The predicted octanol–water partition coefficient (Wildman–Crippen LogP) is 3.18. The molecule has 0 saturated carbocycles. The normalized spacial score (nSPS) is 16.1. The van der Waals surface area contributed by atoms with Crippen LogP contribution in [0.15, 0.2) is 59.8 Å². The van der Waals surface area contributed by atoms with Gasteiger partial charge in [-0.1, -0.05) is 18.2 Å². The van der Waals surface area contributed by atoms with Gasteiger partial charge in [-0.05, 0) is 30.7 Å². The fourth-order valence-corrected chi connectivity index (χ4v) is 3.21. The summed E-state index contributed by atoms with van der Waals surface area (Å²) in [7, 11) is 1.22. The van der Waals surface area contributed by atoms with E-state index in [0.717, 1.165) is 0 Å². The molecule has 1 N–H and O–H groups in total. The molecular weight excluding hydrogens is 376 g/mol. The van der Waals surface area contributed by atoms with Crippen LogP contribution in [-0.2, 0) is 9.53 Å². The zero-order valence-electron chi connectivity index (χ0n) is 15.6. The fraction of sp³-hybridized carbons (Fsp3) is 0.150. The van der Waals surface area contributed by atoms with E-state index in [9.17, 15) is 19.7 Å². The van der Waals surface area contributed by atoms with Crippen molar-refractivity contribution in [2.75, 3.05) is 12.0 Å². The highest BCUT2D eigenvalue weighted by atomic mass is 16.6. The van der Waals surface area contributed by atoms with E-state index in [2.05, 4.69) is 5.32 Å². The zero-order valence-corrected chi connectivity index (χ0v) is 15.6. The summed E-state index contributed by atoms with van der Waals surface area (Å²) in [5, 5.41) is 23.0. The highest BCUT2D eigenvalue weighted by molar-refractivity contribution is 6.03. The fourth-order valence-electron chi connectivity index (χ4n) is 3.21. The van der Waals surface area contributed by atoms with Gasteiger partial charge in [-0.15, -0.1) is 0 Å². The summed E-state index contributed by atoms with van der Waals surface area (Å²) in [6.45, 7) is 1.56. The molecule has 3 rings (SSSR count). The lowest BCUT2D eigenvalue weighted by Crippen LogP contribution is -2.48. The Hall–Kier alpha value is -4.19. The summed E-state index contributed by atoms with van der Waals surface area (Å²) in [5.41, 5.74) is 1.39. The van der Waals surface area contributed by atoms with Crippen molar-refractivity contribution in [3.63, 3.8) is 0 Å². The molecule has 1 aliphatic rings. The molecule has 1 atom stereocenters. The molecule has 2 amide bonds. The van der Waals surface area contributed by atoms with Gasteiger partial charge in [0.1, 0.15) is 0 Å². The monoisotopic (exact) mass is 392 g/mol. The second-order valence-corrected chi connectivity index (χ2v) is 6.22. The van der Waals surface area contributed by atoms with Gasteiger partial charge in [0.2, 0.25) is 0 Å². The number of methoxy groups -OCH3 is 1. The quantitative estimate of drug-likeness (QED) is 0.484. The van der Waals surface area contributed by atoms with E-state index in [1.54, 1.807) is 31.2 Å². The van der Waals surface area contributed by atoms with Crippen LogP contribution in [-0.4, -0.2) is 24.0 Å². The number of nitro groups is 1. The number of urea groups is 1. The molecule has 0 saturated heterocycles. The number of anilines is 1. The highest BCUT2D eigenvalue weighted by Gasteiger charge is 2.37. The summed E-state index contributed by atoms with van der Waals surface area (Å²) < 4.78 is 4.90. The third kappa shape index (κ3) is 3.64. The average molecular weight is 392 g/mol. The maximum atomic E-state index is 12.9. The molecule has 0 radical (unpaired) electrons. The molecule has 0 aromatic heterocycles. The van der Waals surface area contributed by atoms with E-state index < -0.39 is 23.0 Å². The maximum Gasteiger partial charge on any atom is 0.337 e. The lowest BCUT2D eigenvalue weighted by atomic mass is 9.93. The van der Waals surface area contributed by atoms with E-state index in [4.69, 9.17) is 10.00 Å². The van der Waals surface area contributed by atoms with Crippen molar-refractivity contribution in [1.82, 2.24) is 5.32 Å². The number of carbonyl (C=O) groups is 2. The van der Waals surface area contributed by atoms with Crippen LogP contribution in [0.1, 0.15) is 24.1 Å². The van der Waals surface area contributed by atoms with Crippen LogP contribution in [0.25, 0.3) is 0 Å². The molecule has 2 aromatic carbocycles. The van der Waals surface area contributed by atoms with Crippen molar-refractivity contribution < 1.29 is 19.2 Å². The average Bonchev–Trinajstić information content (AvgIpc) is 2.73. The van der Waals surface area contributed by atoms with Gasteiger partial charge in [-0.3, -0.25) is 15.0 Å². The lowest BCUT2D eigenvalue weighted by molar-refractivity contribution is -0.384. The van der Waals surface area contributed by atoms with Crippen molar-refractivity contribution in [3.05, 3.63) is 81.0 Å². The van der Waals surface area contributed by atoms with Gasteiger partial charge in [0.15, 0.2) is 0 Å². The summed E-state index contributed by atoms with van der Waals surface area (Å²) in [5.74, 6) is -0.662. The third-order valence-corrected chi connectivity index (χ3v) is 4.54. The molecule has 0 spiro atoms. The zero-order chi connectivity index (χ0) is 21.1. The van der Waals surface area contributed by atoms with E-state index in [0.29, 0.717) is 11.1 Å². The number of amides is 2. The molecule has 2 aromatic rings. The molecule has 0 aliphatic carbocycles. The Morgan fingerprint density at radius 3 is 2.66 bits per heavy atom. The number of carbonyl (C=O) groups excluding carboxylic acids is 2. The van der Waals surface area contributed by atoms with Crippen molar-refractivity contribution in [1.29, 1.82) is 5.26 Å². The predicted molar refractivity (Wildman–Crippen MR) is 103 cm³/mol. The number of nitro benzene ring substituents is 1. The van der Waals surface area contributed by atoms with E-state index in [-0.39, 0.29) is 22.6 Å². The standard InChI is InChI=1S/C20H16N4O5/c1-12-17(19(25)29-2)18(14-6-3-5-13(9-14)11-21)22-20(26)23(12)15-7-4-8-16(10-15)24(27)28/h3-10,18H,1-2H3,(H,22,26). The molecule has 1 unspecified atom stereocenters. The number of allylic oxidation sites excluding steroid dienone is 1. The first kappa shape index (κ1) is 19.6. The van der Waals surface area contributed by atoms with Crippen LogP contribution in [0.5, 0.6) is 0 Å². The first-order chi connectivity index (χ1) is 13.9. The lowest BCUT2D eigenvalue weighted by Gasteiger charge is -2.35. The number of nitrogens with zero attached hydrogens (tertiary/aromatic N) is 3. The minimum atomic E-state index is -0.835. The number of rotatable bonds is 4.